The van der Waals surface area contributed by atoms with Crippen molar-refractivity contribution in [2.45, 2.75) is 0 Å². The van der Waals surface area contributed by atoms with E-state index in [1.54, 1.807) is 9.36 Å². The van der Waals surface area contributed by atoms with Crippen LogP contribution in [0.5, 0.6) is 11.8 Å². The van der Waals surface area contributed by atoms with Crippen molar-refractivity contribution < 1.29 is 13.6 Å². The summed E-state index contributed by atoms with van der Waals surface area (Å²) in [7, 11) is -2.71. The van der Waals surface area contributed by atoms with Gasteiger partial charge in [-0.05, 0) is 36.4 Å². The molecular formula is C28H18N8O3P+. The highest BCUT2D eigenvalue weighted by Gasteiger charge is 2.33. The molecule has 8 aromatic rings. The molecule has 8 rings (SSSR count). The Morgan fingerprint density at radius 3 is 1.50 bits per heavy atom. The molecule has 0 radical (unpaired) electrons. The Morgan fingerprint density at radius 1 is 0.575 bits per heavy atom. The first-order chi connectivity index (χ1) is 19.7. The van der Waals surface area contributed by atoms with Crippen LogP contribution < -0.4 is 9.05 Å². The SMILES string of the molecule is O=[P+](Oc1[nH]c2ccccc2c1-n1nnc2ccccc21)Oc1[nH]c2ccccc2c1-n1nnc2ccccc21. The smallest absolute Gasteiger partial charge is 0.319 e. The van der Waals surface area contributed by atoms with E-state index in [1.165, 1.54) is 0 Å². The quantitative estimate of drug-likeness (QED) is 0.237. The maximum atomic E-state index is 13.5. The van der Waals surface area contributed by atoms with Crippen LogP contribution in [0.25, 0.3) is 55.2 Å². The van der Waals surface area contributed by atoms with Gasteiger partial charge in [-0.15, -0.1) is 10.2 Å². The number of benzene rings is 4. The molecule has 0 atom stereocenters. The lowest BCUT2D eigenvalue weighted by atomic mass is 10.2. The number of hydrogen-bond acceptors (Lipinski definition) is 7. The zero-order valence-corrected chi connectivity index (χ0v) is 21.5. The first-order valence-electron chi connectivity index (χ1n) is 12.4. The van der Waals surface area contributed by atoms with Crippen LogP contribution in [0.4, 0.5) is 0 Å². The van der Waals surface area contributed by atoms with Gasteiger partial charge in [0.2, 0.25) is 0 Å². The number of aromatic amines is 2. The molecule has 0 unspecified atom stereocenters. The molecule has 0 amide bonds. The van der Waals surface area contributed by atoms with Crippen LogP contribution in [-0.2, 0) is 4.57 Å². The van der Waals surface area contributed by atoms with Crippen molar-refractivity contribution in [1.82, 2.24) is 40.0 Å². The van der Waals surface area contributed by atoms with Crippen LogP contribution in [0.2, 0.25) is 0 Å². The maximum absolute atomic E-state index is 13.5. The minimum atomic E-state index is -2.71. The number of H-pyrrole nitrogens is 2. The molecular weight excluding hydrogens is 527 g/mol. The van der Waals surface area contributed by atoms with E-state index in [0.717, 1.165) is 43.9 Å². The molecule has 4 aromatic heterocycles. The lowest BCUT2D eigenvalue weighted by Crippen LogP contribution is -2.01. The first-order valence-corrected chi connectivity index (χ1v) is 13.5. The Bertz CT molecular complexity index is 2070. The Balaban J connectivity index is 1.22. The van der Waals surface area contributed by atoms with E-state index in [2.05, 4.69) is 30.6 Å². The van der Waals surface area contributed by atoms with E-state index in [9.17, 15) is 4.57 Å². The molecule has 0 fully saturated rings. The third-order valence-electron chi connectivity index (χ3n) is 6.75. The molecule has 4 aromatic carbocycles. The van der Waals surface area contributed by atoms with Crippen molar-refractivity contribution in [3.8, 4) is 23.1 Å². The van der Waals surface area contributed by atoms with Crippen LogP contribution in [0.3, 0.4) is 0 Å². The lowest BCUT2D eigenvalue weighted by molar-refractivity contribution is 0.404. The van der Waals surface area contributed by atoms with Gasteiger partial charge in [0, 0.05) is 15.3 Å². The molecule has 0 aliphatic carbocycles. The number of para-hydroxylation sites is 4. The van der Waals surface area contributed by atoms with Gasteiger partial charge < -0.3 is 9.97 Å². The number of nitrogens with one attached hydrogen (secondary N) is 2. The number of rotatable bonds is 6. The standard InChI is InChI=1S/C28H18N8O3P/c37-40(38-27-25(17-9-1-3-11-19(17)29-27)35-23-15-7-5-13-21(23)31-33-35)39-28-26(18-10-2-4-12-20(18)30-28)36-24-16-8-6-14-22(24)32-34-36/h1-16,29-30H/q+1. The number of aromatic nitrogens is 8. The third kappa shape index (κ3) is 3.45. The summed E-state index contributed by atoms with van der Waals surface area (Å²) in [5.74, 6) is 0.476. The van der Waals surface area contributed by atoms with Gasteiger partial charge in [-0.3, -0.25) is 0 Å². The maximum Gasteiger partial charge on any atom is 0.808 e. The van der Waals surface area contributed by atoms with Crippen LogP contribution in [0, 0.1) is 0 Å². The number of fused-ring (bicyclic) bond motifs is 4. The molecule has 0 spiro atoms. The number of nitrogens with zero attached hydrogens (tertiary/aromatic N) is 6. The highest BCUT2D eigenvalue weighted by molar-refractivity contribution is 7.34. The van der Waals surface area contributed by atoms with E-state index in [-0.39, 0.29) is 11.8 Å². The van der Waals surface area contributed by atoms with E-state index in [4.69, 9.17) is 9.05 Å². The van der Waals surface area contributed by atoms with Crippen molar-refractivity contribution in [2.24, 2.45) is 0 Å². The Morgan fingerprint density at radius 2 is 1.00 bits per heavy atom. The van der Waals surface area contributed by atoms with Gasteiger partial charge >= 0.3 is 8.25 Å². The molecule has 192 valence electrons. The fourth-order valence-electron chi connectivity index (χ4n) is 4.99. The van der Waals surface area contributed by atoms with Crippen molar-refractivity contribution in [3.63, 3.8) is 0 Å². The lowest BCUT2D eigenvalue weighted by Gasteiger charge is -2.02. The predicted molar refractivity (Wildman–Crippen MR) is 150 cm³/mol. The largest absolute Gasteiger partial charge is 0.808 e. The average Bonchev–Trinajstić information content (AvgIpc) is 3.75. The van der Waals surface area contributed by atoms with Crippen LogP contribution in [-0.4, -0.2) is 40.0 Å². The molecule has 0 saturated carbocycles. The molecule has 0 aliphatic rings. The zero-order chi connectivity index (χ0) is 26.6. The van der Waals surface area contributed by atoms with Gasteiger partial charge in [0.05, 0.1) is 22.1 Å². The summed E-state index contributed by atoms with van der Waals surface area (Å²) < 4.78 is 28.7. The molecule has 0 aliphatic heterocycles. The van der Waals surface area contributed by atoms with Crippen molar-refractivity contribution in [2.75, 3.05) is 0 Å². The Kier molecular flexibility index (Phi) is 4.91. The van der Waals surface area contributed by atoms with E-state index < -0.39 is 8.25 Å². The van der Waals surface area contributed by atoms with Crippen molar-refractivity contribution in [1.29, 1.82) is 0 Å². The summed E-state index contributed by atoms with van der Waals surface area (Å²) in [4.78, 5) is 6.43. The third-order valence-corrected chi connectivity index (χ3v) is 7.41. The zero-order valence-electron chi connectivity index (χ0n) is 20.6. The topological polar surface area (TPSA) is 129 Å². The number of hydrogen-bond donors (Lipinski definition) is 2. The van der Waals surface area contributed by atoms with Gasteiger partial charge in [0.15, 0.2) is 0 Å². The van der Waals surface area contributed by atoms with Crippen LogP contribution in [0.15, 0.2) is 97.1 Å². The summed E-state index contributed by atoms with van der Waals surface area (Å²) >= 11 is 0. The molecule has 40 heavy (non-hydrogen) atoms. The summed E-state index contributed by atoms with van der Waals surface area (Å²) in [5.41, 5.74) is 5.75. The second-order valence-electron chi connectivity index (χ2n) is 9.08. The van der Waals surface area contributed by atoms with E-state index in [0.29, 0.717) is 11.4 Å². The monoisotopic (exact) mass is 545 g/mol. The molecule has 2 N–H and O–H groups in total. The minimum Gasteiger partial charge on any atom is -0.319 e. The summed E-state index contributed by atoms with van der Waals surface area (Å²) in [6.07, 6.45) is 0. The minimum absolute atomic E-state index is 0.238. The summed E-state index contributed by atoms with van der Waals surface area (Å²) in [6, 6.07) is 30.5. The molecule has 0 bridgehead atoms. The fraction of sp³-hybridized carbons (Fsp3) is 0. The summed E-state index contributed by atoms with van der Waals surface area (Å²) in [6.45, 7) is 0. The van der Waals surface area contributed by atoms with E-state index >= 15 is 0 Å². The fourth-order valence-corrected chi connectivity index (χ4v) is 5.59. The Hall–Kier alpha value is -5.54. The summed E-state index contributed by atoms with van der Waals surface area (Å²) in [5, 5.41) is 18.9. The van der Waals surface area contributed by atoms with Gasteiger partial charge in [0.1, 0.15) is 22.4 Å². The predicted octanol–water partition coefficient (Wildman–Crippen LogP) is 6.23. The molecule has 4 heterocycles. The van der Waals surface area contributed by atoms with Gasteiger partial charge in [-0.25, -0.2) is 18.4 Å². The van der Waals surface area contributed by atoms with E-state index in [1.807, 2.05) is 97.1 Å². The van der Waals surface area contributed by atoms with Crippen LogP contribution in [0.1, 0.15) is 0 Å². The molecule has 11 nitrogen and oxygen atoms in total. The van der Waals surface area contributed by atoms with Gasteiger partial charge in [-0.2, -0.15) is 0 Å². The van der Waals surface area contributed by atoms with Gasteiger partial charge in [0.25, 0.3) is 11.8 Å². The second kappa shape index (κ2) is 8.75. The molecule has 12 heteroatoms. The normalized spacial score (nSPS) is 11.6. The second-order valence-corrected chi connectivity index (χ2v) is 9.90. The van der Waals surface area contributed by atoms with Crippen molar-refractivity contribution >= 4 is 52.1 Å². The highest BCUT2D eigenvalue weighted by atomic mass is 31.1. The average molecular weight is 545 g/mol. The first kappa shape index (κ1) is 22.4. The molecule has 0 saturated heterocycles. The highest BCUT2D eigenvalue weighted by Crippen LogP contribution is 2.41. The van der Waals surface area contributed by atoms with Crippen LogP contribution >= 0.6 is 8.25 Å². The van der Waals surface area contributed by atoms with Gasteiger partial charge in [-0.1, -0.05) is 71.1 Å². The Labute approximate surface area is 225 Å². The van der Waals surface area contributed by atoms with Crippen molar-refractivity contribution in [3.05, 3.63) is 97.1 Å².